The van der Waals surface area contributed by atoms with Crippen LogP contribution in [0, 0.1) is 18.3 Å². The molecule has 8 heteroatoms. The fourth-order valence-corrected chi connectivity index (χ4v) is 3.04. The highest BCUT2D eigenvalue weighted by Gasteiger charge is 2.18. The summed E-state index contributed by atoms with van der Waals surface area (Å²) < 4.78 is 0. The van der Waals surface area contributed by atoms with E-state index in [1.165, 1.54) is 4.90 Å². The van der Waals surface area contributed by atoms with Crippen molar-refractivity contribution in [3.05, 3.63) is 60.4 Å². The number of nitrogens with zero attached hydrogens (tertiary/aromatic N) is 4. The first-order valence-electron chi connectivity index (χ1n) is 9.57. The largest absolute Gasteiger partial charge is 0.311 e. The second-order valence-electron chi connectivity index (χ2n) is 6.65. The highest BCUT2D eigenvalue weighted by atomic mass is 16.2. The highest BCUT2D eigenvalue weighted by Crippen LogP contribution is 2.25. The molecule has 0 saturated heterocycles. The highest BCUT2D eigenvalue weighted by molar-refractivity contribution is 5.98. The fraction of sp³-hybridized carbons (Fsp3) is 0.227. The molecule has 0 spiro atoms. The molecule has 3 rings (SSSR count). The zero-order valence-corrected chi connectivity index (χ0v) is 16.6. The van der Waals surface area contributed by atoms with Gasteiger partial charge in [0.25, 0.3) is 0 Å². The number of hydrogen-bond acceptors (Lipinski definition) is 5. The third-order valence-electron chi connectivity index (χ3n) is 4.62. The van der Waals surface area contributed by atoms with Crippen LogP contribution in [0.25, 0.3) is 11.3 Å². The average molecular weight is 402 g/mol. The van der Waals surface area contributed by atoms with Crippen LogP contribution in [-0.4, -0.2) is 33.5 Å². The number of carbonyl (C=O) groups is 2. The predicted octanol–water partition coefficient (Wildman–Crippen LogP) is 3.45. The molecular weight excluding hydrogens is 380 g/mol. The SMILES string of the molecule is Cc1c(NC(=O)CCC(=O)N(CCC#N)c2ccccc2)n[nH]c1-c1ccncc1. The Morgan fingerprint density at radius 2 is 1.87 bits per heavy atom. The van der Waals surface area contributed by atoms with Gasteiger partial charge in [-0.25, -0.2) is 0 Å². The van der Waals surface area contributed by atoms with Gasteiger partial charge in [-0.15, -0.1) is 0 Å². The Hall–Kier alpha value is -3.99. The monoisotopic (exact) mass is 402 g/mol. The van der Waals surface area contributed by atoms with Crippen LogP contribution < -0.4 is 10.2 Å². The number of para-hydroxylation sites is 1. The molecule has 2 heterocycles. The molecule has 0 bridgehead atoms. The van der Waals surface area contributed by atoms with Gasteiger partial charge in [0.05, 0.1) is 18.2 Å². The maximum absolute atomic E-state index is 12.7. The molecule has 0 atom stereocenters. The van der Waals surface area contributed by atoms with E-state index in [1.807, 2.05) is 49.4 Å². The van der Waals surface area contributed by atoms with Gasteiger partial charge >= 0.3 is 0 Å². The van der Waals surface area contributed by atoms with Crippen molar-refractivity contribution in [2.75, 3.05) is 16.8 Å². The number of amides is 2. The molecule has 2 aromatic heterocycles. The van der Waals surface area contributed by atoms with Crippen molar-refractivity contribution in [1.82, 2.24) is 15.2 Å². The minimum atomic E-state index is -0.299. The number of nitrogens with one attached hydrogen (secondary N) is 2. The number of benzene rings is 1. The Morgan fingerprint density at radius 3 is 2.57 bits per heavy atom. The third-order valence-corrected chi connectivity index (χ3v) is 4.62. The Bertz CT molecular complexity index is 1040. The van der Waals surface area contributed by atoms with Gasteiger partial charge in [-0.1, -0.05) is 18.2 Å². The van der Waals surface area contributed by atoms with Crippen LogP contribution in [0.5, 0.6) is 0 Å². The van der Waals surface area contributed by atoms with Gasteiger partial charge in [0, 0.05) is 48.6 Å². The van der Waals surface area contributed by atoms with E-state index in [0.29, 0.717) is 11.5 Å². The predicted molar refractivity (Wildman–Crippen MR) is 113 cm³/mol. The van der Waals surface area contributed by atoms with Gasteiger partial charge < -0.3 is 10.2 Å². The maximum Gasteiger partial charge on any atom is 0.227 e. The van der Waals surface area contributed by atoms with E-state index in [-0.39, 0.29) is 37.6 Å². The summed E-state index contributed by atoms with van der Waals surface area (Å²) in [6.45, 7) is 2.15. The van der Waals surface area contributed by atoms with Gasteiger partial charge in [0.1, 0.15) is 0 Å². The molecule has 152 valence electrons. The molecule has 8 nitrogen and oxygen atoms in total. The van der Waals surface area contributed by atoms with E-state index in [9.17, 15) is 9.59 Å². The zero-order valence-electron chi connectivity index (χ0n) is 16.6. The molecule has 0 unspecified atom stereocenters. The normalized spacial score (nSPS) is 10.3. The summed E-state index contributed by atoms with van der Waals surface area (Å²) in [7, 11) is 0. The van der Waals surface area contributed by atoms with Crippen molar-refractivity contribution in [2.24, 2.45) is 0 Å². The van der Waals surface area contributed by atoms with Gasteiger partial charge in [-0.05, 0) is 31.2 Å². The number of hydrogen-bond donors (Lipinski definition) is 2. The average Bonchev–Trinajstić information content (AvgIpc) is 3.14. The number of aromatic nitrogens is 3. The molecule has 1 aromatic carbocycles. The lowest BCUT2D eigenvalue weighted by Crippen LogP contribution is -2.32. The first kappa shape index (κ1) is 20.7. The van der Waals surface area contributed by atoms with Gasteiger partial charge in [0.2, 0.25) is 11.8 Å². The van der Waals surface area contributed by atoms with E-state index < -0.39 is 0 Å². The number of aromatic amines is 1. The van der Waals surface area contributed by atoms with Crippen molar-refractivity contribution >= 4 is 23.3 Å². The second-order valence-corrected chi connectivity index (χ2v) is 6.65. The number of carbonyl (C=O) groups excluding carboxylic acids is 2. The van der Waals surface area contributed by atoms with E-state index in [1.54, 1.807) is 12.4 Å². The standard InChI is InChI=1S/C22H22N6O2/c1-16-21(17-10-13-24-14-11-17)26-27-22(16)25-19(29)8-9-20(30)28(15-5-12-23)18-6-3-2-4-7-18/h2-4,6-7,10-11,13-14H,5,8-9,15H2,1H3,(H2,25,26,27,29). The molecule has 0 aliphatic heterocycles. The lowest BCUT2D eigenvalue weighted by atomic mass is 10.1. The van der Waals surface area contributed by atoms with Gasteiger partial charge in [0.15, 0.2) is 5.82 Å². The summed E-state index contributed by atoms with van der Waals surface area (Å²) in [6, 6.07) is 14.9. The molecule has 0 aliphatic carbocycles. The van der Waals surface area contributed by atoms with E-state index in [2.05, 4.69) is 26.6 Å². The zero-order chi connectivity index (χ0) is 21.3. The van der Waals surface area contributed by atoms with E-state index in [0.717, 1.165) is 16.8 Å². The summed E-state index contributed by atoms with van der Waals surface area (Å²) in [4.78, 5) is 30.6. The van der Waals surface area contributed by atoms with Crippen LogP contribution in [0.4, 0.5) is 11.5 Å². The van der Waals surface area contributed by atoms with Crippen molar-refractivity contribution in [1.29, 1.82) is 5.26 Å². The number of H-pyrrole nitrogens is 1. The summed E-state index contributed by atoms with van der Waals surface area (Å²) in [5, 5.41) is 18.7. The molecule has 0 radical (unpaired) electrons. The second kappa shape index (κ2) is 9.98. The summed E-state index contributed by atoms with van der Waals surface area (Å²) in [6.07, 6.45) is 3.64. The topological polar surface area (TPSA) is 115 Å². The lowest BCUT2D eigenvalue weighted by Gasteiger charge is -2.21. The van der Waals surface area contributed by atoms with Gasteiger partial charge in [-0.2, -0.15) is 10.4 Å². The third kappa shape index (κ3) is 5.08. The van der Waals surface area contributed by atoms with Crippen LogP contribution in [0.15, 0.2) is 54.9 Å². The van der Waals surface area contributed by atoms with Crippen LogP contribution >= 0.6 is 0 Å². The molecule has 30 heavy (non-hydrogen) atoms. The number of rotatable bonds is 8. The molecular formula is C22H22N6O2. The van der Waals surface area contributed by atoms with Crippen LogP contribution in [-0.2, 0) is 9.59 Å². The maximum atomic E-state index is 12.7. The van der Waals surface area contributed by atoms with Crippen LogP contribution in [0.2, 0.25) is 0 Å². The lowest BCUT2D eigenvalue weighted by molar-refractivity contribution is -0.122. The summed E-state index contributed by atoms with van der Waals surface area (Å²) >= 11 is 0. The summed E-state index contributed by atoms with van der Waals surface area (Å²) in [5.74, 6) is -0.0704. The molecule has 0 saturated carbocycles. The van der Waals surface area contributed by atoms with Crippen molar-refractivity contribution < 1.29 is 9.59 Å². The molecule has 2 N–H and O–H groups in total. The van der Waals surface area contributed by atoms with Crippen LogP contribution in [0.1, 0.15) is 24.8 Å². The quantitative estimate of drug-likeness (QED) is 0.599. The Morgan fingerprint density at radius 1 is 1.13 bits per heavy atom. The molecule has 2 amide bonds. The van der Waals surface area contributed by atoms with Crippen molar-refractivity contribution in [3.63, 3.8) is 0 Å². The van der Waals surface area contributed by atoms with Crippen LogP contribution in [0.3, 0.4) is 0 Å². The Balaban J connectivity index is 1.60. The Kier molecular flexibility index (Phi) is 6.90. The summed E-state index contributed by atoms with van der Waals surface area (Å²) in [5.41, 5.74) is 3.24. The molecule has 0 aliphatic rings. The smallest absolute Gasteiger partial charge is 0.227 e. The Labute approximate surface area is 174 Å². The van der Waals surface area contributed by atoms with Crippen molar-refractivity contribution in [3.8, 4) is 17.3 Å². The first-order chi connectivity index (χ1) is 14.6. The first-order valence-corrected chi connectivity index (χ1v) is 9.57. The fourth-order valence-electron chi connectivity index (χ4n) is 3.04. The number of pyridine rings is 1. The number of nitriles is 1. The van der Waals surface area contributed by atoms with E-state index in [4.69, 9.17) is 5.26 Å². The van der Waals surface area contributed by atoms with Gasteiger partial charge in [-0.3, -0.25) is 19.7 Å². The van der Waals surface area contributed by atoms with Crippen molar-refractivity contribution in [2.45, 2.75) is 26.2 Å². The number of anilines is 2. The van der Waals surface area contributed by atoms with E-state index >= 15 is 0 Å². The minimum Gasteiger partial charge on any atom is -0.311 e. The molecule has 3 aromatic rings. The molecule has 0 fully saturated rings. The minimum absolute atomic E-state index is 0.0195.